The Labute approximate surface area is 168 Å². The normalized spacial score (nSPS) is 16.5. The van der Waals surface area contributed by atoms with Gasteiger partial charge in [0.15, 0.2) is 0 Å². The summed E-state index contributed by atoms with van der Waals surface area (Å²) in [6.07, 6.45) is -6.43. The van der Waals surface area contributed by atoms with E-state index < -0.39 is 34.8 Å². The van der Waals surface area contributed by atoms with Crippen molar-refractivity contribution in [1.82, 2.24) is 5.32 Å². The molecule has 160 valence electrons. The number of nitriles is 1. The van der Waals surface area contributed by atoms with E-state index in [0.717, 1.165) is 6.07 Å². The Hall–Kier alpha value is -3.75. The van der Waals surface area contributed by atoms with E-state index in [4.69, 9.17) is 14.7 Å². The molecule has 0 amide bonds. The number of carbonyl (C=O) groups is 1. The maximum Gasteiger partial charge on any atom is 0.573 e. The molecule has 2 rings (SSSR count). The van der Waals surface area contributed by atoms with Gasteiger partial charge in [0.1, 0.15) is 24.0 Å². The SMILES string of the molecule is CC1=C(OC(=O)OCCC#N)C(c2ccccc2OC(F)(F)F)C([N+](=O)[O-])=C(C)N1. The first-order valence-corrected chi connectivity index (χ1v) is 8.44. The second-order valence-electron chi connectivity index (χ2n) is 6.01. The van der Waals surface area contributed by atoms with Crippen molar-refractivity contribution in [3.8, 4) is 11.8 Å². The summed E-state index contributed by atoms with van der Waals surface area (Å²) in [7, 11) is 0. The number of allylic oxidation sites excluding steroid dienone is 2. The molecule has 1 atom stereocenters. The van der Waals surface area contributed by atoms with Crippen LogP contribution in [0.15, 0.2) is 47.1 Å². The van der Waals surface area contributed by atoms with Gasteiger partial charge in [0.25, 0.3) is 5.70 Å². The van der Waals surface area contributed by atoms with Gasteiger partial charge < -0.3 is 19.5 Å². The van der Waals surface area contributed by atoms with Crippen LogP contribution in [0.5, 0.6) is 5.75 Å². The first-order valence-electron chi connectivity index (χ1n) is 8.44. The van der Waals surface area contributed by atoms with E-state index in [1.807, 2.05) is 0 Å². The van der Waals surface area contributed by atoms with Crippen molar-refractivity contribution >= 4 is 6.16 Å². The fourth-order valence-corrected chi connectivity index (χ4v) is 2.87. The zero-order chi connectivity index (χ0) is 22.5. The van der Waals surface area contributed by atoms with E-state index in [1.54, 1.807) is 6.07 Å². The fraction of sp³-hybridized carbons (Fsp3) is 0.333. The van der Waals surface area contributed by atoms with Gasteiger partial charge >= 0.3 is 12.5 Å². The molecule has 0 aromatic heterocycles. The average Bonchev–Trinajstić information content (AvgIpc) is 2.63. The predicted molar refractivity (Wildman–Crippen MR) is 94.1 cm³/mol. The van der Waals surface area contributed by atoms with E-state index in [9.17, 15) is 28.1 Å². The third-order valence-corrected chi connectivity index (χ3v) is 3.94. The molecule has 1 aromatic carbocycles. The first-order chi connectivity index (χ1) is 14.0. The molecule has 9 nitrogen and oxygen atoms in total. The van der Waals surface area contributed by atoms with Crippen LogP contribution >= 0.6 is 0 Å². The maximum absolute atomic E-state index is 12.9. The lowest BCUT2D eigenvalue weighted by Gasteiger charge is -2.27. The lowest BCUT2D eigenvalue weighted by Crippen LogP contribution is -2.30. The summed E-state index contributed by atoms with van der Waals surface area (Å²) in [4.78, 5) is 22.9. The standard InChI is InChI=1S/C18H16F3N3O6/c1-10-15(24(26)27)14(12-6-3-4-7-13(12)30-18(19,20)21)16(11(2)23-10)29-17(25)28-9-5-8-22/h3-4,6-7,14,23H,5,9H2,1-2H3. The average molecular weight is 427 g/mol. The van der Waals surface area contributed by atoms with Crippen LogP contribution in [0.1, 0.15) is 31.7 Å². The van der Waals surface area contributed by atoms with Gasteiger partial charge in [0, 0.05) is 5.56 Å². The Balaban J connectivity index is 2.54. The number of para-hydroxylation sites is 1. The van der Waals surface area contributed by atoms with Crippen LogP contribution in [0.4, 0.5) is 18.0 Å². The summed E-state index contributed by atoms with van der Waals surface area (Å²) < 4.78 is 52.4. The number of dihydropyridines is 1. The van der Waals surface area contributed by atoms with Crippen molar-refractivity contribution in [3.05, 3.63) is 62.8 Å². The largest absolute Gasteiger partial charge is 0.573 e. The molecule has 12 heteroatoms. The Bertz CT molecular complexity index is 949. The number of hydrogen-bond acceptors (Lipinski definition) is 8. The quantitative estimate of drug-likeness (QED) is 0.312. The molecule has 1 aromatic rings. The molecule has 1 aliphatic rings. The molecule has 0 saturated carbocycles. The summed E-state index contributed by atoms with van der Waals surface area (Å²) >= 11 is 0. The number of hydrogen-bond donors (Lipinski definition) is 1. The first kappa shape index (κ1) is 22.5. The number of benzene rings is 1. The summed E-state index contributed by atoms with van der Waals surface area (Å²) in [5.74, 6) is -2.51. The van der Waals surface area contributed by atoms with E-state index in [2.05, 4.69) is 10.1 Å². The lowest BCUT2D eigenvalue weighted by atomic mass is 9.89. The van der Waals surface area contributed by atoms with Crippen LogP contribution in [0.25, 0.3) is 0 Å². The van der Waals surface area contributed by atoms with Gasteiger partial charge in [0.05, 0.1) is 28.8 Å². The van der Waals surface area contributed by atoms with Gasteiger partial charge in [0.2, 0.25) is 0 Å². The molecule has 0 fully saturated rings. The smallest absolute Gasteiger partial charge is 0.433 e. The molecule has 1 aliphatic heterocycles. The topological polar surface area (TPSA) is 124 Å². The molecule has 0 bridgehead atoms. The minimum absolute atomic E-state index is 0.0505. The van der Waals surface area contributed by atoms with Gasteiger partial charge in [-0.3, -0.25) is 10.1 Å². The Morgan fingerprint density at radius 2 is 1.97 bits per heavy atom. The second kappa shape index (κ2) is 9.17. The lowest BCUT2D eigenvalue weighted by molar-refractivity contribution is -0.431. The van der Waals surface area contributed by atoms with Crippen molar-refractivity contribution in [3.63, 3.8) is 0 Å². The fourth-order valence-electron chi connectivity index (χ4n) is 2.87. The van der Waals surface area contributed by atoms with Crippen LogP contribution in [0, 0.1) is 21.4 Å². The molecule has 30 heavy (non-hydrogen) atoms. The number of ether oxygens (including phenoxy) is 3. The maximum atomic E-state index is 12.9. The third kappa shape index (κ3) is 5.40. The number of rotatable bonds is 6. The minimum atomic E-state index is -5.05. The van der Waals surface area contributed by atoms with Crippen molar-refractivity contribution in [2.45, 2.75) is 32.5 Å². The third-order valence-electron chi connectivity index (χ3n) is 3.94. The van der Waals surface area contributed by atoms with E-state index >= 15 is 0 Å². The Morgan fingerprint density at radius 1 is 1.30 bits per heavy atom. The summed E-state index contributed by atoms with van der Waals surface area (Å²) in [6.45, 7) is 2.51. The predicted octanol–water partition coefficient (Wildman–Crippen LogP) is 4.08. The van der Waals surface area contributed by atoms with Crippen LogP contribution in [0.2, 0.25) is 0 Å². The van der Waals surface area contributed by atoms with Gasteiger partial charge in [-0.05, 0) is 19.9 Å². The highest BCUT2D eigenvalue weighted by molar-refractivity contribution is 5.63. The van der Waals surface area contributed by atoms with Crippen LogP contribution in [0.3, 0.4) is 0 Å². The van der Waals surface area contributed by atoms with Crippen molar-refractivity contribution < 1.29 is 37.1 Å². The Kier molecular flexibility index (Phi) is 6.89. The highest BCUT2D eigenvalue weighted by atomic mass is 19.4. The zero-order valence-electron chi connectivity index (χ0n) is 15.8. The zero-order valence-corrected chi connectivity index (χ0v) is 15.8. The number of carbonyl (C=O) groups excluding carboxylic acids is 1. The van der Waals surface area contributed by atoms with Crippen molar-refractivity contribution in [2.75, 3.05) is 6.61 Å². The monoisotopic (exact) mass is 427 g/mol. The van der Waals surface area contributed by atoms with Gasteiger partial charge in [-0.1, -0.05) is 18.2 Å². The Morgan fingerprint density at radius 3 is 2.57 bits per heavy atom. The number of nitrogens with one attached hydrogen (secondary N) is 1. The molecule has 1 heterocycles. The molecule has 0 saturated heterocycles. The van der Waals surface area contributed by atoms with Crippen LogP contribution < -0.4 is 10.1 Å². The highest BCUT2D eigenvalue weighted by Gasteiger charge is 2.43. The summed E-state index contributed by atoms with van der Waals surface area (Å²) in [6, 6.07) is 6.58. The van der Waals surface area contributed by atoms with Crippen molar-refractivity contribution in [1.29, 1.82) is 5.26 Å². The highest BCUT2D eigenvalue weighted by Crippen LogP contribution is 2.43. The van der Waals surface area contributed by atoms with E-state index in [0.29, 0.717) is 0 Å². The second-order valence-corrected chi connectivity index (χ2v) is 6.01. The number of halogens is 3. The molecule has 1 N–H and O–H groups in total. The molecule has 1 unspecified atom stereocenters. The number of nitrogens with zero attached hydrogens (tertiary/aromatic N) is 2. The summed E-state index contributed by atoms with van der Waals surface area (Å²) in [5, 5.41) is 22.9. The van der Waals surface area contributed by atoms with Gasteiger partial charge in [-0.25, -0.2) is 4.79 Å². The number of alkyl halides is 3. The molecule has 0 spiro atoms. The molecular weight excluding hydrogens is 411 g/mol. The van der Waals surface area contributed by atoms with E-state index in [1.165, 1.54) is 32.0 Å². The van der Waals surface area contributed by atoms with Gasteiger partial charge in [-0.15, -0.1) is 13.2 Å². The van der Waals surface area contributed by atoms with Crippen molar-refractivity contribution in [2.24, 2.45) is 0 Å². The van der Waals surface area contributed by atoms with E-state index in [-0.39, 0.29) is 35.7 Å². The molecular formula is C18H16F3N3O6. The molecule has 0 aliphatic carbocycles. The minimum Gasteiger partial charge on any atom is -0.433 e. The van der Waals surface area contributed by atoms with Crippen LogP contribution in [-0.4, -0.2) is 24.0 Å². The van der Waals surface area contributed by atoms with Gasteiger partial charge in [-0.2, -0.15) is 5.26 Å². The van der Waals surface area contributed by atoms with Crippen LogP contribution in [-0.2, 0) is 9.47 Å². The molecule has 0 radical (unpaired) electrons. The number of nitro groups is 1. The summed E-state index contributed by atoms with van der Waals surface area (Å²) in [5.41, 5.74) is -0.558.